The van der Waals surface area contributed by atoms with E-state index in [2.05, 4.69) is 25.1 Å². The van der Waals surface area contributed by atoms with E-state index in [0.717, 1.165) is 0 Å². The van der Waals surface area contributed by atoms with Crippen LogP contribution in [0.2, 0.25) is 0 Å². The van der Waals surface area contributed by atoms with Crippen molar-refractivity contribution in [3.63, 3.8) is 0 Å². The standard InChI is InChI=1S/C7H8.C6H6.C6H5.3C2H6.Y/c1-7-5-3-2-4-6-7;2*1-2-4-6-5-3-1;3*1-2;/h2-6H,1H3;1-6H;1-5H;3*1-2H3;/q;;-1;;;;. The number of benzene rings is 3. The molecule has 0 aliphatic carbocycles. The molecule has 141 valence electrons. The van der Waals surface area contributed by atoms with E-state index >= 15 is 0 Å². The second-order valence-electron chi connectivity index (χ2n) is 3.89. The van der Waals surface area contributed by atoms with Gasteiger partial charge in [0.15, 0.2) is 0 Å². The first-order valence-corrected chi connectivity index (χ1v) is 9.32. The van der Waals surface area contributed by atoms with Crippen molar-refractivity contribution >= 4 is 0 Å². The second kappa shape index (κ2) is 35.0. The van der Waals surface area contributed by atoms with Crippen molar-refractivity contribution < 1.29 is 32.7 Å². The third-order valence-corrected chi connectivity index (χ3v) is 2.21. The van der Waals surface area contributed by atoms with Gasteiger partial charge in [-0.2, -0.15) is 36.4 Å². The van der Waals surface area contributed by atoms with Gasteiger partial charge >= 0.3 is 0 Å². The Bertz CT molecular complexity index is 407. The number of hydrogen-bond acceptors (Lipinski definition) is 0. The Hall–Kier alpha value is -1.24. The first-order chi connectivity index (χ1) is 12.4. The van der Waals surface area contributed by atoms with Crippen LogP contribution in [-0.4, -0.2) is 0 Å². The molecule has 26 heavy (non-hydrogen) atoms. The van der Waals surface area contributed by atoms with Crippen molar-refractivity contribution in [2.75, 3.05) is 0 Å². The van der Waals surface area contributed by atoms with E-state index in [4.69, 9.17) is 0 Å². The molecule has 0 bridgehead atoms. The van der Waals surface area contributed by atoms with E-state index < -0.39 is 0 Å². The largest absolute Gasteiger partial charge is 0.184 e. The summed E-state index contributed by atoms with van der Waals surface area (Å²) in [7, 11) is 0. The summed E-state index contributed by atoms with van der Waals surface area (Å²) < 4.78 is 0. The molecular weight excluding hydrogens is 389 g/mol. The smallest absolute Gasteiger partial charge is 0 e. The van der Waals surface area contributed by atoms with Gasteiger partial charge in [-0.25, -0.2) is 0 Å². The average Bonchev–Trinajstić information content (AvgIpc) is 2.76. The normalized spacial score (nSPS) is 6.73. The van der Waals surface area contributed by atoms with Gasteiger partial charge in [0.1, 0.15) is 0 Å². The van der Waals surface area contributed by atoms with Crippen LogP contribution in [-0.2, 0) is 32.7 Å². The van der Waals surface area contributed by atoms with Gasteiger partial charge in [-0.1, -0.05) is 114 Å². The Morgan fingerprint density at radius 3 is 0.885 bits per heavy atom. The van der Waals surface area contributed by atoms with Gasteiger partial charge in [-0.15, -0.1) is 0 Å². The first kappa shape index (κ1) is 32.4. The molecule has 3 rings (SSSR count). The molecule has 0 spiro atoms. The Morgan fingerprint density at radius 1 is 0.462 bits per heavy atom. The number of rotatable bonds is 0. The summed E-state index contributed by atoms with van der Waals surface area (Å²) in [5.74, 6) is 0. The van der Waals surface area contributed by atoms with Gasteiger partial charge in [0.25, 0.3) is 0 Å². The van der Waals surface area contributed by atoms with Gasteiger partial charge in [-0.3, -0.25) is 0 Å². The molecule has 0 N–H and O–H groups in total. The Kier molecular flexibility index (Phi) is 43.6. The molecule has 3 aromatic carbocycles. The molecule has 0 fully saturated rings. The van der Waals surface area contributed by atoms with Crippen molar-refractivity contribution in [2.45, 2.75) is 48.5 Å². The van der Waals surface area contributed by atoms with Crippen molar-refractivity contribution in [2.24, 2.45) is 0 Å². The first-order valence-electron chi connectivity index (χ1n) is 9.32. The minimum absolute atomic E-state index is 0. The predicted molar refractivity (Wildman–Crippen MR) is 117 cm³/mol. The van der Waals surface area contributed by atoms with Crippen LogP contribution in [0.25, 0.3) is 0 Å². The van der Waals surface area contributed by atoms with E-state index in [1.807, 2.05) is 126 Å². The third-order valence-electron chi connectivity index (χ3n) is 2.21. The molecule has 0 saturated heterocycles. The fraction of sp³-hybridized carbons (Fsp3) is 0.280. The van der Waals surface area contributed by atoms with Gasteiger partial charge in [0, 0.05) is 32.7 Å². The second-order valence-corrected chi connectivity index (χ2v) is 3.89. The van der Waals surface area contributed by atoms with Crippen LogP contribution in [0.1, 0.15) is 47.1 Å². The fourth-order valence-electron chi connectivity index (χ4n) is 1.26. The van der Waals surface area contributed by atoms with Gasteiger partial charge in [0.05, 0.1) is 0 Å². The molecule has 0 aliphatic rings. The Labute approximate surface area is 189 Å². The molecule has 1 heteroatoms. The molecule has 1 radical (unpaired) electrons. The topological polar surface area (TPSA) is 0 Å². The molecule has 0 amide bonds. The van der Waals surface area contributed by atoms with E-state index in [0.29, 0.717) is 0 Å². The summed E-state index contributed by atoms with van der Waals surface area (Å²) >= 11 is 0. The summed E-state index contributed by atoms with van der Waals surface area (Å²) in [6.45, 7) is 14.1. The monoisotopic (exact) mass is 426 g/mol. The zero-order valence-electron chi connectivity index (χ0n) is 17.8. The van der Waals surface area contributed by atoms with Crippen LogP contribution in [0.4, 0.5) is 0 Å². The average molecular weight is 426 g/mol. The van der Waals surface area contributed by atoms with E-state index in [1.165, 1.54) is 5.56 Å². The molecule has 0 atom stereocenters. The quantitative estimate of drug-likeness (QED) is 0.318. The molecule has 0 aromatic heterocycles. The minimum Gasteiger partial charge on any atom is -0.184 e. The maximum absolute atomic E-state index is 2.89. The fourth-order valence-corrected chi connectivity index (χ4v) is 1.26. The molecular formula is C25H37Y-. The maximum atomic E-state index is 2.89. The van der Waals surface area contributed by atoms with E-state index in [1.54, 1.807) is 0 Å². The number of aryl methyl sites for hydroxylation is 1. The molecule has 0 unspecified atom stereocenters. The summed E-state index contributed by atoms with van der Waals surface area (Å²) in [6.07, 6.45) is 0. The molecule has 0 heterocycles. The summed E-state index contributed by atoms with van der Waals surface area (Å²) in [5, 5.41) is 0. The summed E-state index contributed by atoms with van der Waals surface area (Å²) in [5.41, 5.74) is 1.32. The van der Waals surface area contributed by atoms with Crippen LogP contribution in [0.5, 0.6) is 0 Å². The van der Waals surface area contributed by atoms with Crippen molar-refractivity contribution in [3.8, 4) is 0 Å². The summed E-state index contributed by atoms with van der Waals surface area (Å²) in [4.78, 5) is 0. The third kappa shape index (κ3) is 30.6. The van der Waals surface area contributed by atoms with Crippen LogP contribution >= 0.6 is 0 Å². The Morgan fingerprint density at radius 2 is 0.731 bits per heavy atom. The van der Waals surface area contributed by atoms with Gasteiger partial charge < -0.3 is 0 Å². The molecule has 0 saturated carbocycles. The van der Waals surface area contributed by atoms with Gasteiger partial charge in [0.2, 0.25) is 0 Å². The zero-order valence-corrected chi connectivity index (χ0v) is 20.7. The molecule has 3 aromatic rings. The van der Waals surface area contributed by atoms with Crippen molar-refractivity contribution in [1.82, 2.24) is 0 Å². The Balaban J connectivity index is -0.000000120. The van der Waals surface area contributed by atoms with Crippen LogP contribution in [0, 0.1) is 13.0 Å². The van der Waals surface area contributed by atoms with E-state index in [9.17, 15) is 0 Å². The molecule has 0 aliphatic heterocycles. The SMILES string of the molecule is CC.CC.CC.Cc1ccccc1.[Y].[c-]1ccccc1.c1ccccc1. The van der Waals surface area contributed by atoms with Crippen LogP contribution < -0.4 is 0 Å². The van der Waals surface area contributed by atoms with Gasteiger partial charge in [-0.05, 0) is 6.92 Å². The van der Waals surface area contributed by atoms with Crippen molar-refractivity contribution in [1.29, 1.82) is 0 Å². The number of hydrogen-bond donors (Lipinski definition) is 0. The van der Waals surface area contributed by atoms with Crippen LogP contribution in [0.15, 0.2) is 97.1 Å². The zero-order chi connectivity index (χ0) is 19.6. The summed E-state index contributed by atoms with van der Waals surface area (Å²) in [6, 6.07) is 34.8. The van der Waals surface area contributed by atoms with E-state index in [-0.39, 0.29) is 32.7 Å². The minimum atomic E-state index is 0. The maximum Gasteiger partial charge on any atom is 0 e. The van der Waals surface area contributed by atoms with Crippen molar-refractivity contribution in [3.05, 3.63) is 109 Å². The van der Waals surface area contributed by atoms with Crippen LogP contribution in [0.3, 0.4) is 0 Å². The predicted octanol–water partition coefficient (Wildman–Crippen LogP) is 8.24. The molecule has 0 nitrogen and oxygen atoms in total.